The van der Waals surface area contributed by atoms with E-state index in [1.54, 1.807) is 32.0 Å². The molecule has 2 fully saturated rings. The minimum Gasteiger partial charge on any atom is -0.348 e. The van der Waals surface area contributed by atoms with E-state index in [1.165, 1.54) is 0 Å². The molecule has 3 heterocycles. The molecular formula is C17H24BrNO7S. The van der Waals surface area contributed by atoms with E-state index in [2.05, 4.69) is 20.9 Å². The van der Waals surface area contributed by atoms with Crippen LogP contribution in [0.15, 0.2) is 22.8 Å². The van der Waals surface area contributed by atoms with Crippen LogP contribution in [0.4, 0.5) is 0 Å². The lowest BCUT2D eigenvalue weighted by atomic mass is 10.0. The Bertz CT molecular complexity index is 798. The van der Waals surface area contributed by atoms with E-state index >= 15 is 0 Å². The van der Waals surface area contributed by atoms with Crippen molar-refractivity contribution in [1.82, 2.24) is 4.98 Å². The van der Waals surface area contributed by atoms with Gasteiger partial charge in [0.1, 0.15) is 29.0 Å². The summed E-state index contributed by atoms with van der Waals surface area (Å²) in [6.45, 7) is 7.43. The molecule has 0 aromatic carbocycles. The zero-order chi connectivity index (χ0) is 20.0. The summed E-state index contributed by atoms with van der Waals surface area (Å²) in [5, 5.41) is 0. The van der Waals surface area contributed by atoms with Crippen LogP contribution in [0.25, 0.3) is 0 Å². The van der Waals surface area contributed by atoms with Gasteiger partial charge in [0.05, 0.1) is 18.6 Å². The Morgan fingerprint density at radius 2 is 1.89 bits per heavy atom. The van der Waals surface area contributed by atoms with Crippen LogP contribution < -0.4 is 0 Å². The van der Waals surface area contributed by atoms with E-state index in [4.69, 9.17) is 23.1 Å². The van der Waals surface area contributed by atoms with Gasteiger partial charge in [0.25, 0.3) is 10.1 Å². The van der Waals surface area contributed by atoms with Gasteiger partial charge in [0.2, 0.25) is 0 Å². The van der Waals surface area contributed by atoms with E-state index < -0.39 is 46.1 Å². The molecule has 0 amide bonds. The van der Waals surface area contributed by atoms with Gasteiger partial charge in [0.15, 0.2) is 11.6 Å². The smallest absolute Gasteiger partial charge is 0.265 e. The third-order valence-corrected chi connectivity index (χ3v) is 5.16. The normalized spacial score (nSPS) is 31.1. The molecule has 10 heteroatoms. The number of halogens is 1. The van der Waals surface area contributed by atoms with Gasteiger partial charge in [-0.15, -0.1) is 0 Å². The van der Waals surface area contributed by atoms with Crippen molar-refractivity contribution >= 4 is 26.0 Å². The Kier molecular flexibility index (Phi) is 5.72. The fraction of sp³-hybridized carbons (Fsp3) is 0.706. The van der Waals surface area contributed by atoms with Crippen LogP contribution in [-0.2, 0) is 33.2 Å². The minimum absolute atomic E-state index is 0.297. The topological polar surface area (TPSA) is 93.2 Å². The monoisotopic (exact) mass is 465 g/mol. The summed E-state index contributed by atoms with van der Waals surface area (Å²) in [7, 11) is -3.79. The molecule has 2 aliphatic rings. The molecular weight excluding hydrogens is 442 g/mol. The zero-order valence-corrected chi connectivity index (χ0v) is 18.2. The van der Waals surface area contributed by atoms with Crippen LogP contribution in [0.1, 0.15) is 39.5 Å². The molecule has 0 spiro atoms. The van der Waals surface area contributed by atoms with E-state index in [1.807, 2.05) is 13.8 Å². The van der Waals surface area contributed by atoms with Gasteiger partial charge in [-0.3, -0.25) is 4.18 Å². The highest BCUT2D eigenvalue weighted by Gasteiger charge is 2.53. The lowest BCUT2D eigenvalue weighted by molar-refractivity contribution is -0.175. The number of hydrogen-bond acceptors (Lipinski definition) is 8. The fourth-order valence-corrected chi connectivity index (χ4v) is 4.20. The highest BCUT2D eigenvalue weighted by molar-refractivity contribution is 9.10. The van der Waals surface area contributed by atoms with Crippen LogP contribution in [0.5, 0.6) is 0 Å². The van der Waals surface area contributed by atoms with Crippen LogP contribution in [-0.4, -0.2) is 56.2 Å². The Morgan fingerprint density at radius 1 is 1.19 bits per heavy atom. The van der Waals surface area contributed by atoms with Crippen LogP contribution in [0.2, 0.25) is 0 Å². The van der Waals surface area contributed by atoms with Gasteiger partial charge in [-0.1, -0.05) is 6.07 Å². The molecule has 4 atom stereocenters. The first-order chi connectivity index (χ1) is 12.4. The SMILES string of the molecule is CC1(C)O[C@@H]([C@H](OS(C)(=O)=O)c2cccc(Br)n2)[C@@H]([C@@H]2COC(C)(C)O2)O1. The van der Waals surface area contributed by atoms with Crippen molar-refractivity contribution in [3.8, 4) is 0 Å². The highest BCUT2D eigenvalue weighted by Crippen LogP contribution is 2.41. The molecule has 8 nitrogen and oxygen atoms in total. The third-order valence-electron chi connectivity index (χ3n) is 4.17. The standard InChI is InChI=1S/C17H24BrNO7S/c1-16(2)22-9-11(23-16)14-15(25-17(3,4)24-14)13(26-27(5,20)21)10-7-6-8-12(18)19-10/h6-8,11,13-15H,9H2,1-5H3/t11-,13+,14+,15-/m0/s1. The molecule has 0 N–H and O–H groups in total. The molecule has 0 bridgehead atoms. The van der Waals surface area contributed by atoms with Gasteiger partial charge in [-0.2, -0.15) is 8.42 Å². The number of rotatable bonds is 5. The van der Waals surface area contributed by atoms with Gasteiger partial charge >= 0.3 is 0 Å². The van der Waals surface area contributed by atoms with Crippen molar-refractivity contribution < 1.29 is 31.5 Å². The maximum absolute atomic E-state index is 11.9. The van der Waals surface area contributed by atoms with Crippen LogP contribution >= 0.6 is 15.9 Å². The molecule has 0 unspecified atom stereocenters. The summed E-state index contributed by atoms with van der Waals surface area (Å²) >= 11 is 3.30. The number of aromatic nitrogens is 1. The lowest BCUT2D eigenvalue weighted by Crippen LogP contribution is -2.42. The van der Waals surface area contributed by atoms with E-state index in [9.17, 15) is 8.42 Å². The average Bonchev–Trinajstić information content (AvgIpc) is 3.03. The molecule has 0 radical (unpaired) electrons. The van der Waals surface area contributed by atoms with Crippen molar-refractivity contribution in [1.29, 1.82) is 0 Å². The number of ether oxygens (including phenoxy) is 4. The molecule has 2 aliphatic heterocycles. The average molecular weight is 466 g/mol. The molecule has 0 saturated carbocycles. The molecule has 152 valence electrons. The first-order valence-electron chi connectivity index (χ1n) is 8.53. The summed E-state index contributed by atoms with van der Waals surface area (Å²) in [6.07, 6.45) is -1.82. The second-order valence-electron chi connectivity index (χ2n) is 7.54. The molecule has 0 aliphatic carbocycles. The molecule has 1 aromatic rings. The Morgan fingerprint density at radius 3 is 2.44 bits per heavy atom. The van der Waals surface area contributed by atoms with Gasteiger partial charge in [0, 0.05) is 0 Å². The molecule has 27 heavy (non-hydrogen) atoms. The lowest BCUT2D eigenvalue weighted by Gasteiger charge is -2.28. The largest absolute Gasteiger partial charge is 0.348 e. The first-order valence-corrected chi connectivity index (χ1v) is 11.1. The van der Waals surface area contributed by atoms with Crippen molar-refractivity contribution in [3.63, 3.8) is 0 Å². The van der Waals surface area contributed by atoms with E-state index in [0.29, 0.717) is 16.9 Å². The molecule has 3 rings (SSSR count). The highest BCUT2D eigenvalue weighted by atomic mass is 79.9. The first kappa shape index (κ1) is 21.1. The maximum Gasteiger partial charge on any atom is 0.265 e. The second kappa shape index (κ2) is 7.33. The van der Waals surface area contributed by atoms with Gasteiger partial charge in [-0.25, -0.2) is 4.98 Å². The Balaban J connectivity index is 1.97. The third kappa shape index (κ3) is 5.26. The van der Waals surface area contributed by atoms with Gasteiger partial charge < -0.3 is 18.9 Å². The Labute approximate surface area is 167 Å². The van der Waals surface area contributed by atoms with Crippen molar-refractivity contribution in [2.24, 2.45) is 0 Å². The summed E-state index contributed by atoms with van der Waals surface area (Å²) in [4.78, 5) is 4.36. The maximum atomic E-state index is 11.9. The number of hydrogen-bond donors (Lipinski definition) is 0. The van der Waals surface area contributed by atoms with Crippen LogP contribution in [0.3, 0.4) is 0 Å². The van der Waals surface area contributed by atoms with Crippen molar-refractivity contribution in [2.75, 3.05) is 12.9 Å². The summed E-state index contributed by atoms with van der Waals surface area (Å²) in [5.41, 5.74) is 0.407. The quantitative estimate of drug-likeness (QED) is 0.483. The van der Waals surface area contributed by atoms with E-state index in [0.717, 1.165) is 6.26 Å². The minimum atomic E-state index is -3.79. The predicted molar refractivity (Wildman–Crippen MR) is 99.3 cm³/mol. The summed E-state index contributed by atoms with van der Waals surface area (Å²) < 4.78 is 53.5. The summed E-state index contributed by atoms with van der Waals surface area (Å²) in [6, 6.07) is 5.17. The fourth-order valence-electron chi connectivity index (χ4n) is 3.26. The van der Waals surface area contributed by atoms with Crippen molar-refractivity contribution in [2.45, 2.75) is 63.7 Å². The molecule has 2 saturated heterocycles. The molecule has 1 aromatic heterocycles. The second-order valence-corrected chi connectivity index (χ2v) is 9.95. The van der Waals surface area contributed by atoms with Crippen molar-refractivity contribution in [3.05, 3.63) is 28.5 Å². The zero-order valence-electron chi connectivity index (χ0n) is 15.8. The summed E-state index contributed by atoms with van der Waals surface area (Å²) in [5.74, 6) is -1.71. The van der Waals surface area contributed by atoms with E-state index in [-0.39, 0.29) is 0 Å². The number of nitrogens with zero attached hydrogens (tertiary/aromatic N) is 1. The number of pyridine rings is 1. The Hall–Kier alpha value is -0.620. The van der Waals surface area contributed by atoms with Gasteiger partial charge in [-0.05, 0) is 55.8 Å². The predicted octanol–water partition coefficient (Wildman–Crippen LogP) is 2.53. The van der Waals surface area contributed by atoms with Crippen LogP contribution in [0, 0.1) is 0 Å².